The molecule has 0 aromatic rings. The zero-order valence-electron chi connectivity index (χ0n) is 6.35. The molecule has 0 aromatic heterocycles. The summed E-state index contributed by atoms with van der Waals surface area (Å²) >= 11 is 0. The Morgan fingerprint density at radius 1 is 1.56 bits per heavy atom. The van der Waals surface area contributed by atoms with Crippen LogP contribution in [0.1, 0.15) is 27.2 Å². The van der Waals surface area contributed by atoms with Crippen LogP contribution in [-0.2, 0) is 4.79 Å². The maximum absolute atomic E-state index is 11.1. The van der Waals surface area contributed by atoms with Crippen molar-refractivity contribution in [3.8, 4) is 0 Å². The molecule has 1 heteroatoms. The molecule has 0 aromatic carbocycles. The van der Waals surface area contributed by atoms with Crippen LogP contribution >= 0.6 is 0 Å². The van der Waals surface area contributed by atoms with E-state index in [1.54, 1.807) is 0 Å². The molecular weight excluding hydrogens is 112 g/mol. The number of Topliss-reactive ketones (excluding diaryl/α,β-unsaturated/α-hetero) is 1. The number of rotatable bonds is 2. The van der Waals surface area contributed by atoms with Crippen molar-refractivity contribution in [3.05, 3.63) is 0 Å². The van der Waals surface area contributed by atoms with Gasteiger partial charge in [-0.1, -0.05) is 20.8 Å². The molecule has 1 nitrogen and oxygen atoms in total. The number of hydrogen-bond donors (Lipinski definition) is 0. The van der Waals surface area contributed by atoms with E-state index in [4.69, 9.17) is 0 Å². The molecule has 0 N–H and O–H groups in total. The molecule has 0 heterocycles. The fourth-order valence-electron chi connectivity index (χ4n) is 1.15. The minimum atomic E-state index is 0.250. The number of hydrogen-bond acceptors (Lipinski definition) is 1. The zero-order valence-corrected chi connectivity index (χ0v) is 6.35. The molecule has 1 aliphatic carbocycles. The summed E-state index contributed by atoms with van der Waals surface area (Å²) in [4.78, 5) is 11.1. The smallest absolute Gasteiger partial charge is 0.138 e. The minimum absolute atomic E-state index is 0.250. The standard InChI is InChI=1S/C8H14O/c1-5(2)8(9)7-4-6(7)3/h5-7H,4H2,1-3H3/t6-,7?/m0/s1. The maximum atomic E-state index is 11.1. The highest BCUT2D eigenvalue weighted by Crippen LogP contribution is 2.39. The Bertz CT molecular complexity index is 127. The monoisotopic (exact) mass is 126 g/mol. The van der Waals surface area contributed by atoms with Crippen molar-refractivity contribution >= 4 is 5.78 Å². The Labute approximate surface area is 56.4 Å². The third-order valence-corrected chi connectivity index (χ3v) is 2.04. The quantitative estimate of drug-likeness (QED) is 0.552. The molecule has 2 atom stereocenters. The lowest BCUT2D eigenvalue weighted by Gasteiger charge is -1.99. The van der Waals surface area contributed by atoms with Crippen LogP contribution in [0.15, 0.2) is 0 Å². The van der Waals surface area contributed by atoms with E-state index in [9.17, 15) is 4.79 Å². The van der Waals surface area contributed by atoms with E-state index >= 15 is 0 Å². The molecule has 9 heavy (non-hydrogen) atoms. The summed E-state index contributed by atoms with van der Waals surface area (Å²) in [7, 11) is 0. The molecular formula is C8H14O. The molecule has 1 unspecified atom stereocenters. The van der Waals surface area contributed by atoms with Gasteiger partial charge in [-0.25, -0.2) is 0 Å². The van der Waals surface area contributed by atoms with Crippen LogP contribution in [0.25, 0.3) is 0 Å². The van der Waals surface area contributed by atoms with Gasteiger partial charge < -0.3 is 0 Å². The van der Waals surface area contributed by atoms with Crippen LogP contribution in [0.3, 0.4) is 0 Å². The van der Waals surface area contributed by atoms with Crippen molar-refractivity contribution in [2.45, 2.75) is 27.2 Å². The second kappa shape index (κ2) is 2.13. The minimum Gasteiger partial charge on any atom is -0.299 e. The van der Waals surface area contributed by atoms with Crippen LogP contribution in [0.4, 0.5) is 0 Å². The Morgan fingerprint density at radius 2 is 2.00 bits per heavy atom. The lowest BCUT2D eigenvalue weighted by molar-refractivity contribution is -0.123. The van der Waals surface area contributed by atoms with Crippen LogP contribution < -0.4 is 0 Å². The molecule has 52 valence electrons. The second-order valence-electron chi connectivity index (χ2n) is 3.38. The van der Waals surface area contributed by atoms with Gasteiger partial charge in [0.2, 0.25) is 0 Å². The summed E-state index contributed by atoms with van der Waals surface area (Å²) < 4.78 is 0. The van der Waals surface area contributed by atoms with Crippen molar-refractivity contribution < 1.29 is 4.79 Å². The van der Waals surface area contributed by atoms with E-state index in [-0.39, 0.29) is 5.92 Å². The average molecular weight is 126 g/mol. The van der Waals surface area contributed by atoms with Crippen LogP contribution in [0.5, 0.6) is 0 Å². The van der Waals surface area contributed by atoms with Gasteiger partial charge in [0, 0.05) is 11.8 Å². The van der Waals surface area contributed by atoms with E-state index < -0.39 is 0 Å². The highest BCUT2D eigenvalue weighted by atomic mass is 16.1. The molecule has 1 rings (SSSR count). The lowest BCUT2D eigenvalue weighted by Crippen LogP contribution is -2.09. The van der Waals surface area contributed by atoms with Crippen LogP contribution in [0.2, 0.25) is 0 Å². The molecule has 1 saturated carbocycles. The third kappa shape index (κ3) is 1.32. The van der Waals surface area contributed by atoms with E-state index in [0.29, 0.717) is 17.6 Å². The molecule has 1 aliphatic rings. The van der Waals surface area contributed by atoms with Gasteiger partial charge in [0.1, 0.15) is 5.78 Å². The van der Waals surface area contributed by atoms with Gasteiger partial charge in [-0.2, -0.15) is 0 Å². The van der Waals surface area contributed by atoms with E-state index in [2.05, 4.69) is 6.92 Å². The molecule has 0 bridgehead atoms. The Kier molecular flexibility index (Phi) is 1.60. The van der Waals surface area contributed by atoms with Gasteiger partial charge in [-0.3, -0.25) is 4.79 Å². The first-order chi connectivity index (χ1) is 4.13. The normalized spacial score (nSPS) is 32.9. The maximum Gasteiger partial charge on any atom is 0.138 e. The first kappa shape index (κ1) is 6.79. The predicted molar refractivity (Wildman–Crippen MR) is 37.1 cm³/mol. The number of carbonyl (C=O) groups is 1. The summed E-state index contributed by atoms with van der Waals surface area (Å²) in [5.74, 6) is 1.81. The van der Waals surface area contributed by atoms with Gasteiger partial charge in [-0.05, 0) is 12.3 Å². The van der Waals surface area contributed by atoms with Crippen LogP contribution in [0, 0.1) is 17.8 Å². The van der Waals surface area contributed by atoms with Gasteiger partial charge in [0.25, 0.3) is 0 Å². The van der Waals surface area contributed by atoms with E-state index in [0.717, 1.165) is 6.42 Å². The Morgan fingerprint density at radius 3 is 2.11 bits per heavy atom. The molecule has 0 amide bonds. The average Bonchev–Trinajstić information content (AvgIpc) is 2.44. The first-order valence-electron chi connectivity index (χ1n) is 3.66. The van der Waals surface area contributed by atoms with Crippen molar-refractivity contribution in [1.82, 2.24) is 0 Å². The summed E-state index contributed by atoms with van der Waals surface area (Å²) in [6.45, 7) is 6.10. The predicted octanol–water partition coefficient (Wildman–Crippen LogP) is 1.87. The Balaban J connectivity index is 2.36. The summed E-state index contributed by atoms with van der Waals surface area (Å²) in [5, 5.41) is 0. The molecule has 0 aliphatic heterocycles. The topological polar surface area (TPSA) is 17.1 Å². The molecule has 0 radical (unpaired) electrons. The van der Waals surface area contributed by atoms with Crippen molar-refractivity contribution in [3.63, 3.8) is 0 Å². The summed E-state index contributed by atoms with van der Waals surface area (Å²) in [6.07, 6.45) is 1.14. The van der Waals surface area contributed by atoms with Gasteiger partial charge in [0.15, 0.2) is 0 Å². The fourth-order valence-corrected chi connectivity index (χ4v) is 1.15. The number of ketones is 1. The molecule has 0 saturated heterocycles. The zero-order chi connectivity index (χ0) is 7.02. The Hall–Kier alpha value is -0.330. The van der Waals surface area contributed by atoms with E-state index in [1.165, 1.54) is 0 Å². The molecule has 1 fully saturated rings. The second-order valence-corrected chi connectivity index (χ2v) is 3.38. The van der Waals surface area contributed by atoms with Crippen molar-refractivity contribution in [2.75, 3.05) is 0 Å². The summed E-state index contributed by atoms with van der Waals surface area (Å²) in [5.41, 5.74) is 0. The van der Waals surface area contributed by atoms with Gasteiger partial charge in [-0.15, -0.1) is 0 Å². The van der Waals surface area contributed by atoms with Gasteiger partial charge in [0.05, 0.1) is 0 Å². The van der Waals surface area contributed by atoms with Crippen molar-refractivity contribution in [1.29, 1.82) is 0 Å². The SMILES string of the molecule is CC(C)C(=O)C1C[C@@H]1C. The van der Waals surface area contributed by atoms with Gasteiger partial charge >= 0.3 is 0 Å². The number of carbonyl (C=O) groups excluding carboxylic acids is 1. The summed E-state index contributed by atoms with van der Waals surface area (Å²) in [6, 6.07) is 0. The fraction of sp³-hybridized carbons (Fsp3) is 0.875. The van der Waals surface area contributed by atoms with Crippen molar-refractivity contribution in [2.24, 2.45) is 17.8 Å². The first-order valence-corrected chi connectivity index (χ1v) is 3.66. The van der Waals surface area contributed by atoms with E-state index in [1.807, 2.05) is 13.8 Å². The molecule has 0 spiro atoms. The largest absolute Gasteiger partial charge is 0.299 e. The highest BCUT2D eigenvalue weighted by Gasteiger charge is 2.39. The third-order valence-electron chi connectivity index (χ3n) is 2.04. The highest BCUT2D eigenvalue weighted by molar-refractivity contribution is 5.85. The van der Waals surface area contributed by atoms with Crippen LogP contribution in [-0.4, -0.2) is 5.78 Å². The lowest BCUT2D eigenvalue weighted by atomic mass is 10.0.